The lowest BCUT2D eigenvalue weighted by molar-refractivity contribution is 0.629. The van der Waals surface area contributed by atoms with Crippen LogP contribution in [0, 0.1) is 5.82 Å². The van der Waals surface area contributed by atoms with Gasteiger partial charge < -0.3 is 5.32 Å². The molecule has 6 heteroatoms. The van der Waals surface area contributed by atoms with Gasteiger partial charge in [0.05, 0.1) is 10.0 Å². The lowest BCUT2D eigenvalue weighted by Crippen LogP contribution is -2.12. The number of aryl methyl sites for hydroxylation is 1. The number of nitrogens with zero attached hydrogens (tertiary/aromatic N) is 2. The molecule has 0 saturated heterocycles. The fourth-order valence-corrected chi connectivity index (χ4v) is 3.37. The fraction of sp³-hybridized carbons (Fsp3) is 0.188. The summed E-state index contributed by atoms with van der Waals surface area (Å²) < 4.78 is 16.5. The monoisotopic (exact) mass is 335 g/mol. The van der Waals surface area contributed by atoms with Crippen molar-refractivity contribution in [2.24, 2.45) is 7.05 Å². The molecule has 1 aromatic carbocycles. The molecule has 1 N–H and O–H groups in total. The highest BCUT2D eigenvalue weighted by Gasteiger charge is 2.13. The zero-order valence-electron chi connectivity index (χ0n) is 12.0. The summed E-state index contributed by atoms with van der Waals surface area (Å²) in [5, 5.41) is 7.74. The lowest BCUT2D eigenvalue weighted by atomic mass is 10.1. The Labute approximate surface area is 137 Å². The van der Waals surface area contributed by atoms with Gasteiger partial charge in [-0.05, 0) is 24.3 Å². The molecule has 0 aliphatic carbocycles. The Kier molecular flexibility index (Phi) is 4.57. The number of hydrogen-bond acceptors (Lipinski definition) is 3. The molecule has 0 saturated carbocycles. The van der Waals surface area contributed by atoms with Crippen LogP contribution in [0.2, 0.25) is 4.34 Å². The molecule has 0 unspecified atom stereocenters. The van der Waals surface area contributed by atoms with Crippen LogP contribution in [0.25, 0.3) is 11.3 Å². The number of nitrogens with one attached hydrogen (secondary N) is 1. The molecule has 0 amide bonds. The molecule has 0 aliphatic rings. The van der Waals surface area contributed by atoms with Gasteiger partial charge in [0.15, 0.2) is 0 Å². The van der Waals surface area contributed by atoms with E-state index in [1.54, 1.807) is 28.2 Å². The van der Waals surface area contributed by atoms with Crippen molar-refractivity contribution >= 4 is 22.9 Å². The third-order valence-electron chi connectivity index (χ3n) is 3.28. The van der Waals surface area contributed by atoms with E-state index in [0.29, 0.717) is 17.8 Å². The maximum atomic E-state index is 14.0. The van der Waals surface area contributed by atoms with Crippen molar-refractivity contribution in [3.05, 3.63) is 63.2 Å². The van der Waals surface area contributed by atoms with Crippen LogP contribution in [0.5, 0.6) is 0 Å². The van der Waals surface area contributed by atoms with E-state index in [-0.39, 0.29) is 5.82 Å². The van der Waals surface area contributed by atoms with Gasteiger partial charge in [0.25, 0.3) is 0 Å². The van der Waals surface area contributed by atoms with Crippen LogP contribution in [0.4, 0.5) is 4.39 Å². The van der Waals surface area contributed by atoms with Gasteiger partial charge in [-0.2, -0.15) is 5.10 Å². The molecular weight excluding hydrogens is 321 g/mol. The Hall–Kier alpha value is -1.69. The third-order valence-corrected chi connectivity index (χ3v) is 4.51. The van der Waals surface area contributed by atoms with Gasteiger partial charge in [0.1, 0.15) is 5.82 Å². The highest BCUT2D eigenvalue weighted by atomic mass is 35.5. The average molecular weight is 336 g/mol. The fourth-order valence-electron chi connectivity index (χ4n) is 2.31. The molecular formula is C16H15ClFN3S. The van der Waals surface area contributed by atoms with Crippen LogP contribution in [-0.4, -0.2) is 9.78 Å². The van der Waals surface area contributed by atoms with E-state index >= 15 is 0 Å². The molecule has 0 bridgehead atoms. The molecule has 22 heavy (non-hydrogen) atoms. The summed E-state index contributed by atoms with van der Waals surface area (Å²) in [7, 11) is 1.84. The number of benzene rings is 1. The largest absolute Gasteiger partial charge is 0.308 e. The Morgan fingerprint density at radius 2 is 2.05 bits per heavy atom. The zero-order valence-corrected chi connectivity index (χ0v) is 13.6. The molecule has 0 radical (unpaired) electrons. The minimum absolute atomic E-state index is 0.257. The van der Waals surface area contributed by atoms with E-state index in [2.05, 4.69) is 10.4 Å². The second kappa shape index (κ2) is 6.60. The van der Waals surface area contributed by atoms with Crippen molar-refractivity contribution in [1.29, 1.82) is 0 Å². The molecule has 3 nitrogen and oxygen atoms in total. The topological polar surface area (TPSA) is 29.9 Å². The van der Waals surface area contributed by atoms with E-state index in [4.69, 9.17) is 11.6 Å². The summed E-state index contributed by atoms with van der Waals surface area (Å²) in [4.78, 5) is 1.17. The van der Waals surface area contributed by atoms with Crippen LogP contribution in [0.15, 0.2) is 42.6 Å². The highest BCUT2D eigenvalue weighted by molar-refractivity contribution is 7.16. The number of halogens is 2. The molecule has 0 spiro atoms. The normalized spacial score (nSPS) is 11.0. The van der Waals surface area contributed by atoms with Gasteiger partial charge in [0.2, 0.25) is 0 Å². The van der Waals surface area contributed by atoms with Crippen molar-refractivity contribution in [1.82, 2.24) is 15.1 Å². The van der Waals surface area contributed by atoms with E-state index in [0.717, 1.165) is 16.4 Å². The number of aromatic nitrogens is 2. The van der Waals surface area contributed by atoms with Gasteiger partial charge in [-0.1, -0.05) is 23.7 Å². The van der Waals surface area contributed by atoms with Crippen molar-refractivity contribution in [2.75, 3.05) is 0 Å². The van der Waals surface area contributed by atoms with Crippen LogP contribution < -0.4 is 5.32 Å². The van der Waals surface area contributed by atoms with Crippen molar-refractivity contribution in [3.63, 3.8) is 0 Å². The second-order valence-electron chi connectivity index (χ2n) is 4.97. The summed E-state index contributed by atoms with van der Waals surface area (Å²) in [5.41, 5.74) is 2.17. The zero-order chi connectivity index (χ0) is 15.5. The van der Waals surface area contributed by atoms with Gasteiger partial charge in [-0.15, -0.1) is 11.3 Å². The number of thiophene rings is 1. The first-order valence-electron chi connectivity index (χ1n) is 6.86. The summed E-state index contributed by atoms with van der Waals surface area (Å²) in [6, 6.07) is 10.6. The van der Waals surface area contributed by atoms with E-state index in [9.17, 15) is 4.39 Å². The first-order valence-corrected chi connectivity index (χ1v) is 8.05. The summed E-state index contributed by atoms with van der Waals surface area (Å²) in [6.45, 7) is 1.34. The van der Waals surface area contributed by atoms with Crippen molar-refractivity contribution < 1.29 is 4.39 Å². The Morgan fingerprint density at radius 3 is 2.77 bits per heavy atom. The molecule has 0 aliphatic heterocycles. The molecule has 0 atom stereocenters. The smallest absolute Gasteiger partial charge is 0.132 e. The summed E-state index contributed by atoms with van der Waals surface area (Å²) in [6.07, 6.45) is 1.91. The summed E-state index contributed by atoms with van der Waals surface area (Å²) >= 11 is 7.47. The predicted molar refractivity (Wildman–Crippen MR) is 88.5 cm³/mol. The van der Waals surface area contributed by atoms with Crippen LogP contribution in [0.1, 0.15) is 10.4 Å². The maximum Gasteiger partial charge on any atom is 0.132 e. The van der Waals surface area contributed by atoms with Crippen LogP contribution in [0.3, 0.4) is 0 Å². The van der Waals surface area contributed by atoms with Crippen LogP contribution >= 0.6 is 22.9 Å². The Bertz CT molecular complexity index is 781. The minimum atomic E-state index is -0.257. The molecule has 0 fully saturated rings. The quantitative estimate of drug-likeness (QED) is 0.756. The molecule has 3 aromatic rings. The van der Waals surface area contributed by atoms with E-state index < -0.39 is 0 Å². The third kappa shape index (κ3) is 3.38. The lowest BCUT2D eigenvalue weighted by Gasteiger charge is -2.05. The molecule has 3 rings (SSSR count). The van der Waals surface area contributed by atoms with E-state index in [1.165, 1.54) is 10.9 Å². The SMILES string of the molecule is Cn1cc(CNCc2ccc(Cl)s2)c(-c2ccccc2F)n1. The Morgan fingerprint density at radius 1 is 1.23 bits per heavy atom. The highest BCUT2D eigenvalue weighted by Crippen LogP contribution is 2.25. The van der Waals surface area contributed by atoms with Gasteiger partial charge in [0, 0.05) is 42.3 Å². The molecule has 2 heterocycles. The predicted octanol–water partition coefficient (Wildman–Crippen LogP) is 4.23. The molecule has 114 valence electrons. The second-order valence-corrected chi connectivity index (χ2v) is 6.77. The first kappa shape index (κ1) is 15.2. The van der Waals surface area contributed by atoms with Crippen molar-refractivity contribution in [2.45, 2.75) is 13.1 Å². The van der Waals surface area contributed by atoms with Gasteiger partial charge in [-0.25, -0.2) is 4.39 Å². The van der Waals surface area contributed by atoms with Crippen molar-refractivity contribution in [3.8, 4) is 11.3 Å². The van der Waals surface area contributed by atoms with E-state index in [1.807, 2.05) is 31.4 Å². The van der Waals surface area contributed by atoms with Gasteiger partial charge >= 0.3 is 0 Å². The standard InChI is InChI=1S/C16H15ClFN3S/c1-21-10-11(8-19-9-12-6-7-15(17)22-12)16(20-21)13-4-2-3-5-14(13)18/h2-7,10,19H,8-9H2,1H3. The maximum absolute atomic E-state index is 14.0. The molecule has 2 aromatic heterocycles. The van der Waals surface area contributed by atoms with Gasteiger partial charge in [-0.3, -0.25) is 4.68 Å². The number of hydrogen-bond donors (Lipinski definition) is 1. The number of rotatable bonds is 5. The Balaban J connectivity index is 1.75. The minimum Gasteiger partial charge on any atom is -0.308 e. The first-order chi connectivity index (χ1) is 10.6. The summed E-state index contributed by atoms with van der Waals surface area (Å²) in [5.74, 6) is -0.257. The van der Waals surface area contributed by atoms with Crippen LogP contribution in [-0.2, 0) is 20.1 Å². The average Bonchev–Trinajstić information content (AvgIpc) is 3.06.